The van der Waals surface area contributed by atoms with E-state index in [-0.39, 0.29) is 5.54 Å². The molecule has 0 saturated carbocycles. The van der Waals surface area contributed by atoms with Crippen LogP contribution in [0.4, 0.5) is 0 Å². The molecular formula is C14H24N2O. The van der Waals surface area contributed by atoms with Crippen molar-refractivity contribution in [3.05, 3.63) is 28.8 Å². The fourth-order valence-electron chi connectivity index (χ4n) is 1.67. The maximum atomic E-state index is 5.70. The number of nitrogens with two attached hydrogens (primary N) is 1. The van der Waals surface area contributed by atoms with Crippen molar-refractivity contribution in [1.82, 2.24) is 5.32 Å². The van der Waals surface area contributed by atoms with Gasteiger partial charge >= 0.3 is 0 Å². The summed E-state index contributed by atoms with van der Waals surface area (Å²) in [5.41, 5.74) is 9.46. The molecule has 0 saturated heterocycles. The highest BCUT2D eigenvalue weighted by atomic mass is 16.5. The Hall–Kier alpha value is -1.06. The van der Waals surface area contributed by atoms with E-state index < -0.39 is 0 Å². The molecule has 0 atom stereocenters. The molecule has 17 heavy (non-hydrogen) atoms. The third kappa shape index (κ3) is 3.45. The third-order valence-corrected chi connectivity index (χ3v) is 3.34. The maximum absolute atomic E-state index is 5.70. The molecule has 3 nitrogen and oxygen atoms in total. The van der Waals surface area contributed by atoms with Crippen LogP contribution in [0.1, 0.15) is 30.5 Å². The van der Waals surface area contributed by atoms with Gasteiger partial charge in [0, 0.05) is 18.6 Å². The van der Waals surface area contributed by atoms with Crippen LogP contribution in [0.2, 0.25) is 0 Å². The average Bonchev–Trinajstić information content (AvgIpc) is 2.31. The molecule has 3 N–H and O–H groups in total. The molecule has 0 aliphatic carbocycles. The zero-order valence-corrected chi connectivity index (χ0v) is 11.6. The molecule has 0 amide bonds. The first-order valence-corrected chi connectivity index (χ1v) is 5.99. The van der Waals surface area contributed by atoms with Gasteiger partial charge in [0.2, 0.25) is 0 Å². The second kappa shape index (κ2) is 5.52. The van der Waals surface area contributed by atoms with E-state index in [1.54, 1.807) is 7.11 Å². The van der Waals surface area contributed by atoms with Crippen LogP contribution in [-0.4, -0.2) is 19.2 Å². The van der Waals surface area contributed by atoms with Gasteiger partial charge < -0.3 is 15.8 Å². The van der Waals surface area contributed by atoms with Crippen molar-refractivity contribution in [2.24, 2.45) is 5.73 Å². The van der Waals surface area contributed by atoms with Crippen LogP contribution in [0.5, 0.6) is 5.75 Å². The van der Waals surface area contributed by atoms with Gasteiger partial charge in [0.05, 0.1) is 7.11 Å². The van der Waals surface area contributed by atoms with Crippen LogP contribution in [0.25, 0.3) is 0 Å². The Morgan fingerprint density at radius 3 is 2.41 bits per heavy atom. The summed E-state index contributed by atoms with van der Waals surface area (Å²) in [6, 6.07) is 4.13. The summed E-state index contributed by atoms with van der Waals surface area (Å²) in [5, 5.41) is 3.46. The lowest BCUT2D eigenvalue weighted by molar-refractivity contribution is 0.395. The summed E-state index contributed by atoms with van der Waals surface area (Å²) in [7, 11) is 1.71. The highest BCUT2D eigenvalue weighted by molar-refractivity contribution is 5.43. The Kier molecular flexibility index (Phi) is 4.54. The van der Waals surface area contributed by atoms with Crippen LogP contribution in [0.15, 0.2) is 12.1 Å². The first-order valence-electron chi connectivity index (χ1n) is 5.99. The van der Waals surface area contributed by atoms with Crippen LogP contribution >= 0.6 is 0 Å². The average molecular weight is 236 g/mol. The van der Waals surface area contributed by atoms with Crippen LogP contribution in [0, 0.1) is 13.8 Å². The van der Waals surface area contributed by atoms with Crippen LogP contribution in [0.3, 0.4) is 0 Å². The standard InChI is InChI=1S/C14H24N2O/c1-10-11(2)13(17-5)7-6-12(10)8-16-14(3,4)9-15/h6-7,16H,8-9,15H2,1-5H3. The molecule has 1 aromatic rings. The Labute approximate surface area is 104 Å². The second-order valence-electron chi connectivity index (χ2n) is 5.12. The number of nitrogens with one attached hydrogen (secondary N) is 1. The summed E-state index contributed by atoms with van der Waals surface area (Å²) >= 11 is 0. The first-order chi connectivity index (χ1) is 7.91. The minimum Gasteiger partial charge on any atom is -0.496 e. The van der Waals surface area contributed by atoms with Gasteiger partial charge in [-0.1, -0.05) is 6.07 Å². The minimum absolute atomic E-state index is 0.0275. The molecule has 0 aliphatic heterocycles. The Bertz CT molecular complexity index is 386. The maximum Gasteiger partial charge on any atom is 0.122 e. The van der Waals surface area contributed by atoms with Crippen molar-refractivity contribution in [3.8, 4) is 5.75 Å². The summed E-state index contributed by atoms with van der Waals surface area (Å²) in [6.45, 7) is 9.90. The molecule has 0 aromatic heterocycles. The van der Waals surface area contributed by atoms with Crippen LogP contribution in [-0.2, 0) is 6.54 Å². The van der Waals surface area contributed by atoms with E-state index in [9.17, 15) is 0 Å². The van der Waals surface area contributed by atoms with E-state index in [0.29, 0.717) is 6.54 Å². The molecular weight excluding hydrogens is 212 g/mol. The number of methoxy groups -OCH3 is 1. The molecule has 96 valence electrons. The smallest absolute Gasteiger partial charge is 0.122 e. The molecule has 3 heteroatoms. The fourth-order valence-corrected chi connectivity index (χ4v) is 1.67. The van der Waals surface area contributed by atoms with E-state index >= 15 is 0 Å². The zero-order chi connectivity index (χ0) is 13.1. The molecule has 0 radical (unpaired) electrons. The monoisotopic (exact) mass is 236 g/mol. The topological polar surface area (TPSA) is 47.3 Å². The highest BCUT2D eigenvalue weighted by Crippen LogP contribution is 2.24. The first kappa shape index (κ1) is 14.0. The van der Waals surface area contributed by atoms with Gasteiger partial charge in [-0.2, -0.15) is 0 Å². The number of ether oxygens (including phenoxy) is 1. The highest BCUT2D eigenvalue weighted by Gasteiger charge is 2.15. The summed E-state index contributed by atoms with van der Waals surface area (Å²) in [5.74, 6) is 0.948. The van der Waals surface area contributed by atoms with Gasteiger partial charge in [0.25, 0.3) is 0 Å². The zero-order valence-electron chi connectivity index (χ0n) is 11.6. The van der Waals surface area contributed by atoms with Crippen molar-refractivity contribution >= 4 is 0 Å². The lowest BCUT2D eigenvalue weighted by Gasteiger charge is -2.25. The molecule has 0 unspecified atom stereocenters. The normalized spacial score (nSPS) is 11.6. The van der Waals surface area contributed by atoms with Gasteiger partial charge in [-0.25, -0.2) is 0 Å². The van der Waals surface area contributed by atoms with E-state index in [1.807, 2.05) is 6.07 Å². The number of hydrogen-bond acceptors (Lipinski definition) is 3. The Morgan fingerprint density at radius 2 is 1.88 bits per heavy atom. The predicted octanol–water partition coefficient (Wildman–Crippen LogP) is 2.14. The van der Waals surface area contributed by atoms with Crippen molar-refractivity contribution in [2.75, 3.05) is 13.7 Å². The summed E-state index contributed by atoms with van der Waals surface area (Å²) in [6.07, 6.45) is 0. The minimum atomic E-state index is -0.0275. The number of rotatable bonds is 5. The molecule has 0 heterocycles. The molecule has 1 rings (SSSR count). The molecule has 0 fully saturated rings. The van der Waals surface area contributed by atoms with Gasteiger partial charge in [-0.05, 0) is 50.5 Å². The molecule has 0 aliphatic rings. The second-order valence-corrected chi connectivity index (χ2v) is 5.12. The van der Waals surface area contributed by atoms with Crippen molar-refractivity contribution in [3.63, 3.8) is 0 Å². The quantitative estimate of drug-likeness (QED) is 0.823. The van der Waals surface area contributed by atoms with E-state index in [4.69, 9.17) is 10.5 Å². The number of benzene rings is 1. The van der Waals surface area contributed by atoms with E-state index in [0.717, 1.165) is 12.3 Å². The lowest BCUT2D eigenvalue weighted by atomic mass is 10.0. The van der Waals surface area contributed by atoms with Gasteiger partial charge in [-0.15, -0.1) is 0 Å². The Morgan fingerprint density at radius 1 is 1.24 bits per heavy atom. The Balaban J connectivity index is 2.83. The fraction of sp³-hybridized carbons (Fsp3) is 0.571. The van der Waals surface area contributed by atoms with E-state index in [2.05, 4.69) is 39.1 Å². The predicted molar refractivity (Wildman–Crippen MR) is 72.4 cm³/mol. The molecule has 0 spiro atoms. The SMILES string of the molecule is COc1ccc(CNC(C)(C)CN)c(C)c1C. The van der Waals surface area contributed by atoms with Crippen molar-refractivity contribution in [1.29, 1.82) is 0 Å². The van der Waals surface area contributed by atoms with Crippen LogP contribution < -0.4 is 15.8 Å². The third-order valence-electron chi connectivity index (χ3n) is 3.34. The summed E-state index contributed by atoms with van der Waals surface area (Å²) in [4.78, 5) is 0. The summed E-state index contributed by atoms with van der Waals surface area (Å²) < 4.78 is 5.31. The van der Waals surface area contributed by atoms with Crippen molar-refractivity contribution in [2.45, 2.75) is 39.8 Å². The molecule has 1 aromatic carbocycles. The molecule has 0 bridgehead atoms. The van der Waals surface area contributed by atoms with Gasteiger partial charge in [0.15, 0.2) is 0 Å². The largest absolute Gasteiger partial charge is 0.496 e. The lowest BCUT2D eigenvalue weighted by Crippen LogP contribution is -2.45. The van der Waals surface area contributed by atoms with Crippen molar-refractivity contribution < 1.29 is 4.74 Å². The van der Waals surface area contributed by atoms with E-state index in [1.165, 1.54) is 16.7 Å². The van der Waals surface area contributed by atoms with Gasteiger partial charge in [-0.3, -0.25) is 0 Å². The van der Waals surface area contributed by atoms with Gasteiger partial charge in [0.1, 0.15) is 5.75 Å². The number of hydrogen-bond donors (Lipinski definition) is 2.